The van der Waals surface area contributed by atoms with Crippen molar-refractivity contribution in [1.29, 1.82) is 0 Å². The molecular weight excluding hydrogens is 230 g/mol. The second kappa shape index (κ2) is 5.53. The predicted octanol–water partition coefficient (Wildman–Crippen LogP) is 2.49. The first-order valence-electron chi connectivity index (χ1n) is 5.89. The lowest BCUT2D eigenvalue weighted by molar-refractivity contribution is 0.413. The molecule has 0 fully saturated rings. The third kappa shape index (κ3) is 3.23. The maximum Gasteiger partial charge on any atom is 0.321 e. The fourth-order valence-electron chi connectivity index (χ4n) is 1.60. The van der Waals surface area contributed by atoms with Crippen molar-refractivity contribution in [2.24, 2.45) is 0 Å². The fraction of sp³-hybridized carbons (Fsp3) is 0.385. The van der Waals surface area contributed by atoms with E-state index in [2.05, 4.69) is 15.5 Å². The monoisotopic (exact) mass is 247 g/mol. The Kier molecular flexibility index (Phi) is 3.82. The molecule has 1 aromatic carbocycles. The van der Waals surface area contributed by atoms with E-state index in [0.717, 1.165) is 11.3 Å². The van der Waals surface area contributed by atoms with Crippen molar-refractivity contribution in [2.75, 3.05) is 12.4 Å². The summed E-state index contributed by atoms with van der Waals surface area (Å²) in [7, 11) is 1.65. The van der Waals surface area contributed by atoms with Crippen LogP contribution in [0, 0.1) is 0 Å². The molecule has 0 atom stereocenters. The van der Waals surface area contributed by atoms with E-state index in [0.29, 0.717) is 18.3 Å². The highest BCUT2D eigenvalue weighted by Crippen LogP contribution is 2.15. The minimum atomic E-state index is 0.273. The van der Waals surface area contributed by atoms with Gasteiger partial charge in [-0.2, -0.15) is 4.98 Å². The van der Waals surface area contributed by atoms with Crippen molar-refractivity contribution in [3.63, 3.8) is 0 Å². The molecule has 1 heterocycles. The number of hydrogen-bond donors (Lipinski definition) is 1. The van der Waals surface area contributed by atoms with Crippen molar-refractivity contribution < 1.29 is 9.26 Å². The zero-order valence-electron chi connectivity index (χ0n) is 10.8. The van der Waals surface area contributed by atoms with Gasteiger partial charge in [0.15, 0.2) is 5.82 Å². The number of hydrogen-bond acceptors (Lipinski definition) is 5. The number of anilines is 1. The molecule has 0 aliphatic rings. The van der Waals surface area contributed by atoms with E-state index in [4.69, 9.17) is 9.26 Å². The predicted molar refractivity (Wildman–Crippen MR) is 68.9 cm³/mol. The van der Waals surface area contributed by atoms with Crippen LogP contribution in [-0.2, 0) is 6.42 Å². The Balaban J connectivity index is 2.06. The fourth-order valence-corrected chi connectivity index (χ4v) is 1.60. The molecule has 2 rings (SSSR count). The Morgan fingerprint density at radius 1 is 1.39 bits per heavy atom. The lowest BCUT2D eigenvalue weighted by Crippen LogP contribution is -2.09. The summed E-state index contributed by atoms with van der Waals surface area (Å²) in [6.07, 6.45) is 0.625. The first kappa shape index (κ1) is 12.4. The molecule has 0 unspecified atom stereocenters. The van der Waals surface area contributed by atoms with Crippen LogP contribution in [-0.4, -0.2) is 23.3 Å². The molecule has 96 valence electrons. The standard InChI is InChI=1S/C13H17N3O2/c1-9(2)14-13-15-12(16-18-13)8-10-5-4-6-11(7-10)17-3/h4-7,9H,8H2,1-3H3,(H,14,15,16). The zero-order chi connectivity index (χ0) is 13.0. The summed E-state index contributed by atoms with van der Waals surface area (Å²) in [6.45, 7) is 4.04. The summed E-state index contributed by atoms with van der Waals surface area (Å²) < 4.78 is 10.3. The highest BCUT2D eigenvalue weighted by atomic mass is 16.5. The Labute approximate surface area is 106 Å². The Morgan fingerprint density at radius 3 is 2.94 bits per heavy atom. The topological polar surface area (TPSA) is 60.2 Å². The molecule has 5 heteroatoms. The second-order valence-corrected chi connectivity index (χ2v) is 4.34. The minimum absolute atomic E-state index is 0.273. The second-order valence-electron chi connectivity index (χ2n) is 4.34. The normalized spacial score (nSPS) is 10.7. The number of methoxy groups -OCH3 is 1. The van der Waals surface area contributed by atoms with Gasteiger partial charge in [0.1, 0.15) is 5.75 Å². The molecule has 0 saturated carbocycles. The maximum absolute atomic E-state index is 5.17. The van der Waals surface area contributed by atoms with Crippen LogP contribution in [0.2, 0.25) is 0 Å². The van der Waals surface area contributed by atoms with Crippen LogP contribution in [0.5, 0.6) is 5.75 Å². The van der Waals surface area contributed by atoms with Gasteiger partial charge >= 0.3 is 6.01 Å². The van der Waals surface area contributed by atoms with Gasteiger partial charge in [0.05, 0.1) is 7.11 Å². The van der Waals surface area contributed by atoms with E-state index in [1.54, 1.807) is 7.11 Å². The first-order valence-corrected chi connectivity index (χ1v) is 5.89. The molecule has 5 nitrogen and oxygen atoms in total. The molecule has 18 heavy (non-hydrogen) atoms. The molecule has 0 bridgehead atoms. The molecule has 0 saturated heterocycles. The van der Waals surface area contributed by atoms with Crippen molar-refractivity contribution in [1.82, 2.24) is 10.1 Å². The average molecular weight is 247 g/mol. The van der Waals surface area contributed by atoms with Crippen molar-refractivity contribution in [3.8, 4) is 5.75 Å². The van der Waals surface area contributed by atoms with Crippen LogP contribution in [0.3, 0.4) is 0 Å². The number of rotatable bonds is 5. The van der Waals surface area contributed by atoms with Crippen LogP contribution in [0.1, 0.15) is 25.2 Å². The van der Waals surface area contributed by atoms with Crippen molar-refractivity contribution >= 4 is 6.01 Å². The van der Waals surface area contributed by atoms with Gasteiger partial charge in [-0.1, -0.05) is 17.3 Å². The maximum atomic E-state index is 5.17. The van der Waals surface area contributed by atoms with Gasteiger partial charge in [-0.05, 0) is 31.5 Å². The van der Waals surface area contributed by atoms with E-state index in [1.165, 1.54) is 0 Å². The Bertz CT molecular complexity index is 508. The lowest BCUT2D eigenvalue weighted by atomic mass is 10.1. The third-order valence-electron chi connectivity index (χ3n) is 2.38. The van der Waals surface area contributed by atoms with E-state index >= 15 is 0 Å². The number of benzene rings is 1. The summed E-state index contributed by atoms with van der Waals surface area (Å²) in [6, 6.07) is 8.56. The van der Waals surface area contributed by atoms with Gasteiger partial charge in [-0.3, -0.25) is 0 Å². The molecule has 0 aliphatic carbocycles. The Hall–Kier alpha value is -2.04. The average Bonchev–Trinajstić information content (AvgIpc) is 2.76. The number of nitrogens with one attached hydrogen (secondary N) is 1. The van der Waals surface area contributed by atoms with Crippen LogP contribution in [0.25, 0.3) is 0 Å². The molecule has 0 spiro atoms. The Morgan fingerprint density at radius 2 is 2.22 bits per heavy atom. The van der Waals surface area contributed by atoms with E-state index < -0.39 is 0 Å². The molecule has 0 amide bonds. The van der Waals surface area contributed by atoms with Gasteiger partial charge in [-0.15, -0.1) is 0 Å². The molecule has 1 N–H and O–H groups in total. The summed E-state index contributed by atoms with van der Waals surface area (Å²) in [5.41, 5.74) is 1.09. The van der Waals surface area contributed by atoms with Crippen molar-refractivity contribution in [3.05, 3.63) is 35.7 Å². The largest absolute Gasteiger partial charge is 0.497 e. The molecule has 1 aromatic heterocycles. The molecule has 0 aliphatic heterocycles. The van der Waals surface area contributed by atoms with E-state index in [-0.39, 0.29) is 6.04 Å². The SMILES string of the molecule is COc1cccc(Cc2noc(NC(C)C)n2)c1. The van der Waals surface area contributed by atoms with Crippen LogP contribution in [0.4, 0.5) is 6.01 Å². The van der Waals surface area contributed by atoms with Crippen LogP contribution in [0.15, 0.2) is 28.8 Å². The third-order valence-corrected chi connectivity index (χ3v) is 2.38. The van der Waals surface area contributed by atoms with Crippen LogP contribution < -0.4 is 10.1 Å². The number of aromatic nitrogens is 2. The number of ether oxygens (including phenoxy) is 1. The molecule has 2 aromatic rings. The zero-order valence-corrected chi connectivity index (χ0v) is 10.8. The van der Waals surface area contributed by atoms with E-state index in [9.17, 15) is 0 Å². The van der Waals surface area contributed by atoms with Gasteiger partial charge < -0.3 is 14.6 Å². The highest BCUT2D eigenvalue weighted by Gasteiger charge is 2.08. The van der Waals surface area contributed by atoms with Gasteiger partial charge in [0, 0.05) is 12.5 Å². The van der Waals surface area contributed by atoms with Gasteiger partial charge in [0.2, 0.25) is 0 Å². The van der Waals surface area contributed by atoms with Crippen LogP contribution >= 0.6 is 0 Å². The van der Waals surface area contributed by atoms with Crippen molar-refractivity contribution in [2.45, 2.75) is 26.3 Å². The summed E-state index contributed by atoms with van der Waals surface area (Å²) >= 11 is 0. The molecular formula is C13H17N3O2. The number of nitrogens with zero attached hydrogens (tertiary/aromatic N) is 2. The smallest absolute Gasteiger partial charge is 0.321 e. The van der Waals surface area contributed by atoms with Gasteiger partial charge in [-0.25, -0.2) is 0 Å². The lowest BCUT2D eigenvalue weighted by Gasteiger charge is -2.02. The summed E-state index contributed by atoms with van der Waals surface area (Å²) in [5.74, 6) is 1.49. The first-order chi connectivity index (χ1) is 8.67. The summed E-state index contributed by atoms with van der Waals surface area (Å²) in [4.78, 5) is 4.27. The summed E-state index contributed by atoms with van der Waals surface area (Å²) in [5, 5.41) is 7.00. The highest BCUT2D eigenvalue weighted by molar-refractivity contribution is 5.30. The van der Waals surface area contributed by atoms with Gasteiger partial charge in [0.25, 0.3) is 0 Å². The van der Waals surface area contributed by atoms with E-state index in [1.807, 2.05) is 38.1 Å². The quantitative estimate of drug-likeness (QED) is 0.879. The minimum Gasteiger partial charge on any atom is -0.497 e. The molecule has 0 radical (unpaired) electrons.